The van der Waals surface area contributed by atoms with Gasteiger partial charge in [-0.1, -0.05) is 24.3 Å². The molecule has 3 nitrogen and oxygen atoms in total. The summed E-state index contributed by atoms with van der Waals surface area (Å²) in [5.41, 5.74) is 2.95. The molecule has 2 N–H and O–H groups in total. The molecule has 92 valence electrons. The predicted octanol–water partition coefficient (Wildman–Crippen LogP) is 0.766. The number of nitrogens with one attached hydrogen (secondary N) is 1. The Hall–Kier alpha value is -0.900. The normalized spacial score (nSPS) is 30.5. The summed E-state index contributed by atoms with van der Waals surface area (Å²) >= 11 is 0. The first-order valence-electron chi connectivity index (χ1n) is 6.46. The van der Waals surface area contributed by atoms with Gasteiger partial charge in [-0.25, -0.2) is 0 Å². The van der Waals surface area contributed by atoms with Gasteiger partial charge in [-0.15, -0.1) is 0 Å². The number of hydrogen-bond donors (Lipinski definition) is 2. The van der Waals surface area contributed by atoms with Gasteiger partial charge >= 0.3 is 0 Å². The van der Waals surface area contributed by atoms with Gasteiger partial charge in [0.15, 0.2) is 0 Å². The molecule has 2 aliphatic rings. The largest absolute Gasteiger partial charge is 0.392 e. The molecule has 17 heavy (non-hydrogen) atoms. The molecule has 0 radical (unpaired) electrons. The Morgan fingerprint density at radius 2 is 2.12 bits per heavy atom. The van der Waals surface area contributed by atoms with Crippen LogP contribution in [0.15, 0.2) is 24.3 Å². The molecule has 2 heterocycles. The van der Waals surface area contributed by atoms with E-state index in [4.69, 9.17) is 0 Å². The summed E-state index contributed by atoms with van der Waals surface area (Å²) in [6, 6.07) is 9.53. The standard InChI is InChI=1S/C14H20N2O/c1-10(17)14-9-16-8-12-5-3-2-4-11(12)6-13(16)7-15-14/h2-5,10,13-15,17H,6-9H2,1H3/t10-,13+,14+/m0/s1. The molecule has 1 aromatic carbocycles. The molecule has 1 saturated heterocycles. The fraction of sp³-hybridized carbons (Fsp3) is 0.571. The summed E-state index contributed by atoms with van der Waals surface area (Å²) in [6.45, 7) is 4.85. The van der Waals surface area contributed by atoms with Crippen molar-refractivity contribution < 1.29 is 5.11 Å². The summed E-state index contributed by atoms with van der Waals surface area (Å²) in [5.74, 6) is 0. The van der Waals surface area contributed by atoms with E-state index in [1.165, 1.54) is 11.1 Å². The number of fused-ring (bicyclic) bond motifs is 2. The summed E-state index contributed by atoms with van der Waals surface area (Å²) < 4.78 is 0. The van der Waals surface area contributed by atoms with Gasteiger partial charge in [0.1, 0.15) is 0 Å². The monoisotopic (exact) mass is 232 g/mol. The third-order valence-corrected chi connectivity index (χ3v) is 4.09. The van der Waals surface area contributed by atoms with Gasteiger partial charge < -0.3 is 10.4 Å². The van der Waals surface area contributed by atoms with Crippen molar-refractivity contribution in [1.82, 2.24) is 10.2 Å². The van der Waals surface area contributed by atoms with E-state index in [2.05, 4.69) is 34.5 Å². The number of hydrogen-bond acceptors (Lipinski definition) is 3. The second kappa shape index (κ2) is 4.41. The Balaban J connectivity index is 1.78. The van der Waals surface area contributed by atoms with Crippen molar-refractivity contribution in [1.29, 1.82) is 0 Å². The SMILES string of the molecule is C[C@H](O)[C@H]1CN2Cc3ccccc3C[C@@H]2CN1. The van der Waals surface area contributed by atoms with E-state index in [9.17, 15) is 5.11 Å². The lowest BCUT2D eigenvalue weighted by molar-refractivity contribution is 0.0523. The fourth-order valence-corrected chi connectivity index (χ4v) is 2.98. The minimum absolute atomic E-state index is 0.219. The van der Waals surface area contributed by atoms with Gasteiger partial charge in [-0.05, 0) is 24.5 Å². The molecule has 1 aromatic rings. The molecule has 0 aliphatic carbocycles. The Kier molecular flexibility index (Phi) is 2.90. The van der Waals surface area contributed by atoms with E-state index >= 15 is 0 Å². The molecule has 2 aliphatic heterocycles. The van der Waals surface area contributed by atoms with Crippen LogP contribution in [-0.2, 0) is 13.0 Å². The third-order valence-electron chi connectivity index (χ3n) is 4.09. The molecule has 1 fully saturated rings. The van der Waals surface area contributed by atoms with Crippen LogP contribution >= 0.6 is 0 Å². The van der Waals surface area contributed by atoms with Crippen LogP contribution in [0.25, 0.3) is 0 Å². The highest BCUT2D eigenvalue weighted by Crippen LogP contribution is 2.25. The fourth-order valence-electron chi connectivity index (χ4n) is 2.98. The second-order valence-electron chi connectivity index (χ2n) is 5.31. The van der Waals surface area contributed by atoms with Gasteiger partial charge in [0.2, 0.25) is 0 Å². The lowest BCUT2D eigenvalue weighted by Gasteiger charge is -2.44. The number of rotatable bonds is 1. The van der Waals surface area contributed by atoms with Crippen LogP contribution in [0.2, 0.25) is 0 Å². The molecule has 0 spiro atoms. The molecule has 0 saturated carbocycles. The predicted molar refractivity (Wildman–Crippen MR) is 67.8 cm³/mol. The smallest absolute Gasteiger partial charge is 0.0677 e. The van der Waals surface area contributed by atoms with Crippen molar-refractivity contribution >= 4 is 0 Å². The first-order valence-corrected chi connectivity index (χ1v) is 6.46. The Bertz CT molecular complexity index is 405. The first kappa shape index (κ1) is 11.2. The van der Waals surface area contributed by atoms with E-state index in [1.54, 1.807) is 0 Å². The molecule has 3 heteroatoms. The van der Waals surface area contributed by atoms with Gasteiger partial charge in [-0.3, -0.25) is 4.90 Å². The van der Waals surface area contributed by atoms with Crippen molar-refractivity contribution in [2.24, 2.45) is 0 Å². The minimum atomic E-state index is -0.270. The van der Waals surface area contributed by atoms with Crippen LogP contribution < -0.4 is 5.32 Å². The highest BCUT2D eigenvalue weighted by Gasteiger charge is 2.33. The van der Waals surface area contributed by atoms with Crippen LogP contribution in [0.1, 0.15) is 18.1 Å². The van der Waals surface area contributed by atoms with Crippen LogP contribution in [0, 0.1) is 0 Å². The summed E-state index contributed by atoms with van der Waals surface area (Å²) in [5, 5.41) is 13.1. The van der Waals surface area contributed by atoms with Crippen molar-refractivity contribution in [3.8, 4) is 0 Å². The van der Waals surface area contributed by atoms with Crippen LogP contribution in [0.3, 0.4) is 0 Å². The van der Waals surface area contributed by atoms with Crippen molar-refractivity contribution in [2.45, 2.75) is 38.1 Å². The highest BCUT2D eigenvalue weighted by atomic mass is 16.3. The number of aliphatic hydroxyl groups excluding tert-OH is 1. The highest BCUT2D eigenvalue weighted by molar-refractivity contribution is 5.30. The van der Waals surface area contributed by atoms with Gasteiger partial charge in [0, 0.05) is 31.7 Å². The minimum Gasteiger partial charge on any atom is -0.392 e. The number of aliphatic hydroxyl groups is 1. The van der Waals surface area contributed by atoms with Gasteiger partial charge in [0.25, 0.3) is 0 Å². The number of benzene rings is 1. The van der Waals surface area contributed by atoms with Crippen LogP contribution in [-0.4, -0.2) is 41.3 Å². The lowest BCUT2D eigenvalue weighted by Crippen LogP contribution is -2.60. The Labute approximate surface area is 102 Å². The van der Waals surface area contributed by atoms with E-state index in [0.29, 0.717) is 6.04 Å². The average Bonchev–Trinajstić information content (AvgIpc) is 2.35. The van der Waals surface area contributed by atoms with E-state index in [-0.39, 0.29) is 12.1 Å². The zero-order valence-electron chi connectivity index (χ0n) is 10.3. The maximum absolute atomic E-state index is 9.67. The topological polar surface area (TPSA) is 35.5 Å². The van der Waals surface area contributed by atoms with Crippen molar-refractivity contribution in [3.05, 3.63) is 35.4 Å². The van der Waals surface area contributed by atoms with Crippen LogP contribution in [0.4, 0.5) is 0 Å². The van der Waals surface area contributed by atoms with Crippen molar-refractivity contribution in [3.63, 3.8) is 0 Å². The lowest BCUT2D eigenvalue weighted by atomic mass is 9.91. The maximum atomic E-state index is 9.67. The van der Waals surface area contributed by atoms with Gasteiger partial charge in [0.05, 0.1) is 6.10 Å². The zero-order valence-corrected chi connectivity index (χ0v) is 10.3. The molecule has 3 atom stereocenters. The Morgan fingerprint density at radius 1 is 1.35 bits per heavy atom. The summed E-state index contributed by atoms with van der Waals surface area (Å²) in [7, 11) is 0. The Morgan fingerprint density at radius 3 is 2.88 bits per heavy atom. The number of piperazine rings is 1. The molecule has 3 rings (SSSR count). The second-order valence-corrected chi connectivity index (χ2v) is 5.31. The van der Waals surface area contributed by atoms with E-state index in [1.807, 2.05) is 6.92 Å². The van der Waals surface area contributed by atoms with Gasteiger partial charge in [-0.2, -0.15) is 0 Å². The van der Waals surface area contributed by atoms with E-state index < -0.39 is 0 Å². The molecule has 0 aromatic heterocycles. The van der Waals surface area contributed by atoms with E-state index in [0.717, 1.165) is 26.1 Å². The third kappa shape index (κ3) is 2.10. The molecular weight excluding hydrogens is 212 g/mol. The summed E-state index contributed by atoms with van der Waals surface area (Å²) in [6.07, 6.45) is 0.864. The maximum Gasteiger partial charge on any atom is 0.0677 e. The molecule has 0 bridgehead atoms. The van der Waals surface area contributed by atoms with Crippen molar-refractivity contribution in [2.75, 3.05) is 13.1 Å². The molecule has 0 unspecified atom stereocenters. The average molecular weight is 232 g/mol. The number of nitrogens with zero attached hydrogens (tertiary/aromatic N) is 1. The first-order chi connectivity index (χ1) is 8.24. The molecule has 0 amide bonds. The van der Waals surface area contributed by atoms with Crippen LogP contribution in [0.5, 0.6) is 0 Å². The summed E-state index contributed by atoms with van der Waals surface area (Å²) in [4.78, 5) is 2.51. The molecular formula is C14H20N2O. The zero-order chi connectivity index (χ0) is 11.8. The quantitative estimate of drug-likeness (QED) is 0.750.